The molecular formula is C22H23N3OS. The maximum atomic E-state index is 13.0. The summed E-state index contributed by atoms with van der Waals surface area (Å²) >= 11 is 1.70. The smallest absolute Gasteiger partial charge is 0.231 e. The maximum Gasteiger partial charge on any atom is 0.231 e. The number of benzene rings is 1. The Kier molecular flexibility index (Phi) is 5.30. The SMILES string of the molecule is O=C(NCCc1cnc(-c2ccccc2)nc1)C1(c2cccs2)CCCC1. The van der Waals surface area contributed by atoms with E-state index in [4.69, 9.17) is 0 Å². The van der Waals surface area contributed by atoms with Crippen molar-refractivity contribution in [1.82, 2.24) is 15.3 Å². The quantitative estimate of drug-likeness (QED) is 0.694. The van der Waals surface area contributed by atoms with E-state index in [-0.39, 0.29) is 11.3 Å². The van der Waals surface area contributed by atoms with Crippen LogP contribution in [0.4, 0.5) is 0 Å². The molecular weight excluding hydrogens is 354 g/mol. The summed E-state index contributed by atoms with van der Waals surface area (Å²) in [7, 11) is 0. The van der Waals surface area contributed by atoms with E-state index in [9.17, 15) is 4.79 Å². The molecule has 0 saturated heterocycles. The van der Waals surface area contributed by atoms with Gasteiger partial charge in [-0.2, -0.15) is 0 Å². The Morgan fingerprint density at radius 2 is 1.78 bits per heavy atom. The number of carbonyl (C=O) groups is 1. The summed E-state index contributed by atoms with van der Waals surface area (Å²) in [5.41, 5.74) is 1.73. The zero-order valence-corrected chi connectivity index (χ0v) is 16.0. The first kappa shape index (κ1) is 17.9. The number of hydrogen-bond donors (Lipinski definition) is 1. The van der Waals surface area contributed by atoms with Crippen molar-refractivity contribution in [1.29, 1.82) is 0 Å². The Labute approximate surface area is 163 Å². The van der Waals surface area contributed by atoms with Crippen molar-refractivity contribution in [3.05, 3.63) is 70.7 Å². The highest BCUT2D eigenvalue weighted by molar-refractivity contribution is 7.10. The third kappa shape index (κ3) is 3.78. The molecule has 0 radical (unpaired) electrons. The normalized spacial score (nSPS) is 15.6. The molecule has 1 aliphatic carbocycles. The van der Waals surface area contributed by atoms with Gasteiger partial charge in [0.1, 0.15) is 0 Å². The molecule has 1 N–H and O–H groups in total. The summed E-state index contributed by atoms with van der Waals surface area (Å²) in [4.78, 5) is 23.1. The van der Waals surface area contributed by atoms with Gasteiger partial charge in [0.2, 0.25) is 5.91 Å². The van der Waals surface area contributed by atoms with Crippen LogP contribution >= 0.6 is 11.3 Å². The lowest BCUT2D eigenvalue weighted by atomic mass is 9.83. The van der Waals surface area contributed by atoms with E-state index in [1.54, 1.807) is 11.3 Å². The lowest BCUT2D eigenvalue weighted by Gasteiger charge is -2.26. The molecule has 138 valence electrons. The number of aromatic nitrogens is 2. The van der Waals surface area contributed by atoms with Crippen molar-refractivity contribution in [3.8, 4) is 11.4 Å². The highest BCUT2D eigenvalue weighted by Gasteiger charge is 2.43. The molecule has 0 atom stereocenters. The topological polar surface area (TPSA) is 54.9 Å². The fraction of sp³-hybridized carbons (Fsp3) is 0.318. The molecule has 2 aromatic heterocycles. The maximum absolute atomic E-state index is 13.0. The van der Waals surface area contributed by atoms with Crippen LogP contribution in [0.1, 0.15) is 36.1 Å². The van der Waals surface area contributed by atoms with Crippen LogP contribution in [-0.2, 0) is 16.6 Å². The Morgan fingerprint density at radius 3 is 2.44 bits per heavy atom. The lowest BCUT2D eigenvalue weighted by molar-refractivity contribution is -0.126. The summed E-state index contributed by atoms with van der Waals surface area (Å²) < 4.78 is 0. The molecule has 1 saturated carbocycles. The average Bonchev–Trinajstić information content (AvgIpc) is 3.42. The Bertz CT molecular complexity index is 870. The number of carbonyl (C=O) groups excluding carboxylic acids is 1. The molecule has 3 aromatic rings. The van der Waals surface area contributed by atoms with Crippen LogP contribution < -0.4 is 5.32 Å². The Balaban J connectivity index is 1.36. The third-order valence-corrected chi connectivity index (χ3v) is 6.40. The van der Waals surface area contributed by atoms with Crippen LogP contribution in [-0.4, -0.2) is 22.4 Å². The van der Waals surface area contributed by atoms with Crippen molar-refractivity contribution >= 4 is 17.2 Å². The van der Waals surface area contributed by atoms with E-state index in [1.807, 2.05) is 48.8 Å². The minimum atomic E-state index is -0.318. The predicted octanol–water partition coefficient (Wildman–Crippen LogP) is 4.38. The Hall–Kier alpha value is -2.53. The minimum Gasteiger partial charge on any atom is -0.355 e. The second kappa shape index (κ2) is 8.01. The van der Waals surface area contributed by atoms with Gasteiger partial charge in [0.25, 0.3) is 0 Å². The zero-order chi connectivity index (χ0) is 18.5. The molecule has 27 heavy (non-hydrogen) atoms. The van der Waals surface area contributed by atoms with Gasteiger partial charge in [0.05, 0.1) is 5.41 Å². The first-order valence-electron chi connectivity index (χ1n) is 9.47. The van der Waals surface area contributed by atoms with Crippen LogP contribution in [0.25, 0.3) is 11.4 Å². The van der Waals surface area contributed by atoms with Crippen molar-refractivity contribution in [2.45, 2.75) is 37.5 Å². The molecule has 0 bridgehead atoms. The fourth-order valence-corrected chi connectivity index (χ4v) is 4.81. The summed E-state index contributed by atoms with van der Waals surface area (Å²) in [6, 6.07) is 14.1. The van der Waals surface area contributed by atoms with Crippen LogP contribution in [0.3, 0.4) is 0 Å². The molecule has 4 rings (SSSR count). The first-order chi connectivity index (χ1) is 13.3. The van der Waals surface area contributed by atoms with Gasteiger partial charge < -0.3 is 5.32 Å². The van der Waals surface area contributed by atoms with Gasteiger partial charge in [-0.3, -0.25) is 4.79 Å². The predicted molar refractivity (Wildman–Crippen MR) is 109 cm³/mol. The van der Waals surface area contributed by atoms with Gasteiger partial charge in [-0.15, -0.1) is 11.3 Å². The van der Waals surface area contributed by atoms with E-state index in [0.717, 1.165) is 49.1 Å². The molecule has 0 aliphatic heterocycles. The van der Waals surface area contributed by atoms with Crippen LogP contribution in [0.5, 0.6) is 0 Å². The van der Waals surface area contributed by atoms with Crippen molar-refractivity contribution in [2.24, 2.45) is 0 Å². The van der Waals surface area contributed by atoms with Crippen molar-refractivity contribution < 1.29 is 4.79 Å². The van der Waals surface area contributed by atoms with E-state index in [1.165, 1.54) is 4.88 Å². The van der Waals surface area contributed by atoms with E-state index >= 15 is 0 Å². The summed E-state index contributed by atoms with van der Waals surface area (Å²) in [6.45, 7) is 0.611. The van der Waals surface area contributed by atoms with Crippen molar-refractivity contribution in [3.63, 3.8) is 0 Å². The molecule has 4 nitrogen and oxygen atoms in total. The van der Waals surface area contributed by atoms with E-state index in [2.05, 4.69) is 26.7 Å². The summed E-state index contributed by atoms with van der Waals surface area (Å²) in [6.07, 6.45) is 8.60. The van der Waals surface area contributed by atoms with Crippen LogP contribution in [0.15, 0.2) is 60.2 Å². The minimum absolute atomic E-state index is 0.171. The first-order valence-corrected chi connectivity index (χ1v) is 10.3. The summed E-state index contributed by atoms with van der Waals surface area (Å²) in [5.74, 6) is 0.898. The van der Waals surface area contributed by atoms with Crippen LogP contribution in [0.2, 0.25) is 0 Å². The number of amides is 1. The second-order valence-electron chi connectivity index (χ2n) is 7.05. The second-order valence-corrected chi connectivity index (χ2v) is 8.00. The summed E-state index contributed by atoms with van der Waals surface area (Å²) in [5, 5.41) is 5.22. The number of rotatable bonds is 6. The van der Waals surface area contributed by atoms with Gasteiger partial charge >= 0.3 is 0 Å². The van der Waals surface area contributed by atoms with Crippen molar-refractivity contribution in [2.75, 3.05) is 6.54 Å². The van der Waals surface area contributed by atoms with Gasteiger partial charge in [-0.1, -0.05) is 49.2 Å². The standard InChI is InChI=1S/C22H23N3OS/c26-21(22(11-4-5-12-22)19-9-6-14-27-19)23-13-10-17-15-24-20(25-16-17)18-7-2-1-3-8-18/h1-3,6-9,14-16H,4-5,10-13H2,(H,23,26). The molecule has 1 amide bonds. The number of thiophene rings is 1. The number of nitrogens with zero attached hydrogens (tertiary/aromatic N) is 2. The number of hydrogen-bond acceptors (Lipinski definition) is 4. The third-order valence-electron chi connectivity index (χ3n) is 5.32. The van der Waals surface area contributed by atoms with Gasteiger partial charge in [-0.05, 0) is 36.3 Å². The molecule has 0 unspecified atom stereocenters. The average molecular weight is 378 g/mol. The molecule has 5 heteroatoms. The monoisotopic (exact) mass is 377 g/mol. The zero-order valence-electron chi connectivity index (χ0n) is 15.2. The Morgan fingerprint density at radius 1 is 1.04 bits per heavy atom. The van der Waals surface area contributed by atoms with Crippen LogP contribution in [0, 0.1) is 0 Å². The fourth-order valence-electron chi connectivity index (χ4n) is 3.82. The van der Waals surface area contributed by atoms with Gasteiger partial charge in [0.15, 0.2) is 5.82 Å². The molecule has 2 heterocycles. The van der Waals surface area contributed by atoms with Gasteiger partial charge in [-0.25, -0.2) is 9.97 Å². The van der Waals surface area contributed by atoms with E-state index < -0.39 is 0 Å². The largest absolute Gasteiger partial charge is 0.355 e. The number of nitrogens with one attached hydrogen (secondary N) is 1. The highest BCUT2D eigenvalue weighted by Crippen LogP contribution is 2.43. The lowest BCUT2D eigenvalue weighted by Crippen LogP contribution is -2.42. The molecule has 1 aromatic carbocycles. The highest BCUT2D eigenvalue weighted by atomic mass is 32.1. The molecule has 1 aliphatic rings. The van der Waals surface area contributed by atoms with E-state index in [0.29, 0.717) is 6.54 Å². The van der Waals surface area contributed by atoms with Gasteiger partial charge in [0, 0.05) is 29.4 Å². The molecule has 0 spiro atoms. The molecule has 1 fully saturated rings.